The van der Waals surface area contributed by atoms with Crippen LogP contribution >= 0.6 is 23.2 Å². The van der Waals surface area contributed by atoms with Gasteiger partial charge in [0.05, 0.1) is 16.6 Å². The van der Waals surface area contributed by atoms with E-state index < -0.39 is 36.4 Å². The minimum atomic E-state index is -1.31. The minimum Gasteiger partial charge on any atom is -0.480 e. The lowest BCUT2D eigenvalue weighted by Crippen LogP contribution is -2.46. The van der Waals surface area contributed by atoms with Crippen LogP contribution in [0.5, 0.6) is 0 Å². The van der Waals surface area contributed by atoms with Crippen molar-refractivity contribution in [3.63, 3.8) is 0 Å². The van der Waals surface area contributed by atoms with Gasteiger partial charge in [-0.1, -0.05) is 23.2 Å². The van der Waals surface area contributed by atoms with Crippen molar-refractivity contribution >= 4 is 52.7 Å². The highest BCUT2D eigenvalue weighted by molar-refractivity contribution is 6.42. The van der Waals surface area contributed by atoms with Gasteiger partial charge in [-0.05, 0) is 24.6 Å². The third-order valence-electron chi connectivity index (χ3n) is 2.90. The molecule has 0 aromatic heterocycles. The first-order valence-corrected chi connectivity index (χ1v) is 7.75. The highest BCUT2D eigenvalue weighted by Gasteiger charge is 2.20. The van der Waals surface area contributed by atoms with Gasteiger partial charge in [-0.15, -0.1) is 0 Å². The van der Waals surface area contributed by atoms with E-state index >= 15 is 0 Å². The molecule has 1 aromatic rings. The summed E-state index contributed by atoms with van der Waals surface area (Å²) in [6, 6.07) is 2.45. The van der Waals surface area contributed by atoms with Crippen LogP contribution < -0.4 is 21.7 Å². The number of amides is 4. The molecule has 25 heavy (non-hydrogen) atoms. The first kappa shape index (κ1) is 20.5. The van der Waals surface area contributed by atoms with Gasteiger partial charge < -0.3 is 26.8 Å². The number of nitrogens with two attached hydrogens (primary N) is 1. The number of anilines is 1. The van der Waals surface area contributed by atoms with E-state index in [0.717, 1.165) is 0 Å². The lowest BCUT2D eigenvalue weighted by molar-refractivity contribution is -0.142. The monoisotopic (exact) mass is 390 g/mol. The maximum absolute atomic E-state index is 11.7. The summed E-state index contributed by atoms with van der Waals surface area (Å²) in [5.41, 5.74) is 5.29. The van der Waals surface area contributed by atoms with Gasteiger partial charge in [0.25, 0.3) is 0 Å². The van der Waals surface area contributed by atoms with Crippen LogP contribution in [-0.2, 0) is 14.4 Å². The minimum absolute atomic E-state index is 0.147. The summed E-state index contributed by atoms with van der Waals surface area (Å²) in [6.07, 6.45) is -0.339. The molecule has 0 bridgehead atoms. The van der Waals surface area contributed by atoms with Gasteiger partial charge in [0.1, 0.15) is 6.04 Å². The number of hydrogen-bond donors (Lipinski definition) is 5. The second kappa shape index (κ2) is 9.70. The molecule has 0 heterocycles. The lowest BCUT2D eigenvalue weighted by Gasteiger charge is -2.14. The number of rotatable bonds is 8. The van der Waals surface area contributed by atoms with Crippen LogP contribution in [0.15, 0.2) is 18.2 Å². The molecule has 0 unspecified atom stereocenters. The molecule has 0 aliphatic rings. The second-order valence-electron chi connectivity index (χ2n) is 4.90. The summed E-state index contributed by atoms with van der Waals surface area (Å²) < 4.78 is 0. The van der Waals surface area contributed by atoms with Crippen LogP contribution in [0.25, 0.3) is 0 Å². The Morgan fingerprint density at radius 3 is 2.40 bits per heavy atom. The number of carbonyl (C=O) groups excluding carboxylic acids is 3. The van der Waals surface area contributed by atoms with Crippen LogP contribution in [0.3, 0.4) is 0 Å². The quantitative estimate of drug-likeness (QED) is 0.447. The number of primary amides is 1. The number of halogens is 2. The number of nitrogens with one attached hydrogen (secondary N) is 3. The van der Waals surface area contributed by atoms with E-state index in [1.807, 2.05) is 0 Å². The molecule has 0 spiro atoms. The van der Waals surface area contributed by atoms with E-state index in [0.29, 0.717) is 10.7 Å². The number of carboxylic acid groups (broad SMARTS) is 1. The molecule has 0 saturated carbocycles. The molecule has 0 aliphatic carbocycles. The Kier molecular flexibility index (Phi) is 7.96. The summed E-state index contributed by atoms with van der Waals surface area (Å²) in [6.45, 7) is -0.465. The summed E-state index contributed by atoms with van der Waals surface area (Å²) in [5, 5.41) is 16.4. The first-order valence-electron chi connectivity index (χ1n) is 6.99. The number of benzene rings is 1. The average Bonchev–Trinajstić information content (AvgIpc) is 2.52. The molecule has 1 aromatic carbocycles. The summed E-state index contributed by atoms with van der Waals surface area (Å²) >= 11 is 11.6. The van der Waals surface area contributed by atoms with Gasteiger partial charge in [0.15, 0.2) is 0 Å². The molecule has 1 rings (SSSR count). The molecule has 1 atom stereocenters. The number of urea groups is 1. The lowest BCUT2D eigenvalue weighted by atomic mass is 10.1. The van der Waals surface area contributed by atoms with E-state index in [9.17, 15) is 19.2 Å². The van der Waals surface area contributed by atoms with Gasteiger partial charge in [0.2, 0.25) is 11.8 Å². The molecular weight excluding hydrogens is 375 g/mol. The smallest absolute Gasteiger partial charge is 0.326 e. The largest absolute Gasteiger partial charge is 0.480 e. The number of aliphatic carboxylic acids is 1. The second-order valence-corrected chi connectivity index (χ2v) is 5.71. The fourth-order valence-electron chi connectivity index (χ4n) is 1.70. The third-order valence-corrected chi connectivity index (χ3v) is 3.64. The normalized spacial score (nSPS) is 11.3. The predicted molar refractivity (Wildman–Crippen MR) is 91.5 cm³/mol. The van der Waals surface area contributed by atoms with Gasteiger partial charge in [0, 0.05) is 12.1 Å². The summed E-state index contributed by atoms with van der Waals surface area (Å²) in [4.78, 5) is 45.1. The highest BCUT2D eigenvalue weighted by atomic mass is 35.5. The van der Waals surface area contributed by atoms with Gasteiger partial charge in [-0.25, -0.2) is 9.59 Å². The van der Waals surface area contributed by atoms with Crippen LogP contribution in [0.2, 0.25) is 10.0 Å². The maximum atomic E-state index is 11.7. The van der Waals surface area contributed by atoms with Crippen molar-refractivity contribution < 1.29 is 24.3 Å². The SMILES string of the molecule is NC(=O)CC[C@H](NC(=O)CNC(=O)Nc1ccc(Cl)c(Cl)c1)C(=O)O. The molecule has 0 aliphatic heterocycles. The molecule has 0 radical (unpaired) electrons. The van der Waals surface area contributed by atoms with Crippen molar-refractivity contribution in [2.24, 2.45) is 5.73 Å². The van der Waals surface area contributed by atoms with E-state index in [-0.39, 0.29) is 17.9 Å². The Bertz CT molecular complexity index is 683. The van der Waals surface area contributed by atoms with E-state index in [1.54, 1.807) is 0 Å². The zero-order chi connectivity index (χ0) is 19.0. The molecule has 0 saturated heterocycles. The van der Waals surface area contributed by atoms with Crippen molar-refractivity contribution in [3.8, 4) is 0 Å². The fourth-order valence-corrected chi connectivity index (χ4v) is 2.00. The van der Waals surface area contributed by atoms with Gasteiger partial charge >= 0.3 is 12.0 Å². The van der Waals surface area contributed by atoms with Crippen molar-refractivity contribution in [2.45, 2.75) is 18.9 Å². The van der Waals surface area contributed by atoms with E-state index in [2.05, 4.69) is 16.0 Å². The molecule has 9 nitrogen and oxygen atoms in total. The van der Waals surface area contributed by atoms with E-state index in [1.165, 1.54) is 18.2 Å². The zero-order valence-corrected chi connectivity index (χ0v) is 14.4. The van der Waals surface area contributed by atoms with Gasteiger partial charge in [-0.3, -0.25) is 9.59 Å². The number of carboxylic acids is 1. The van der Waals surface area contributed by atoms with Gasteiger partial charge in [-0.2, -0.15) is 0 Å². The van der Waals surface area contributed by atoms with Crippen LogP contribution in [0.1, 0.15) is 12.8 Å². The Morgan fingerprint density at radius 2 is 1.84 bits per heavy atom. The Labute approximate surface area is 152 Å². The molecular formula is C14H16Cl2N4O5. The molecule has 11 heteroatoms. The van der Waals surface area contributed by atoms with Crippen molar-refractivity contribution in [3.05, 3.63) is 28.2 Å². The maximum Gasteiger partial charge on any atom is 0.326 e. The average molecular weight is 391 g/mol. The van der Waals surface area contributed by atoms with Crippen LogP contribution in [0.4, 0.5) is 10.5 Å². The third kappa shape index (κ3) is 7.73. The number of hydrogen-bond acceptors (Lipinski definition) is 4. The van der Waals surface area contributed by atoms with Crippen LogP contribution in [-0.4, -0.2) is 41.5 Å². The van der Waals surface area contributed by atoms with Crippen molar-refractivity contribution in [1.82, 2.24) is 10.6 Å². The molecule has 0 fully saturated rings. The Morgan fingerprint density at radius 1 is 1.16 bits per heavy atom. The molecule has 4 amide bonds. The first-order chi connectivity index (χ1) is 11.7. The summed E-state index contributed by atoms with van der Waals surface area (Å²) in [7, 11) is 0. The number of carbonyl (C=O) groups is 4. The highest BCUT2D eigenvalue weighted by Crippen LogP contribution is 2.24. The van der Waals surface area contributed by atoms with Crippen molar-refractivity contribution in [1.29, 1.82) is 0 Å². The molecule has 6 N–H and O–H groups in total. The fraction of sp³-hybridized carbons (Fsp3) is 0.286. The topological polar surface area (TPSA) is 151 Å². The molecule has 136 valence electrons. The van der Waals surface area contributed by atoms with Crippen molar-refractivity contribution in [2.75, 3.05) is 11.9 Å². The standard InChI is InChI=1S/C14H16Cl2N4O5/c15-8-2-1-7(5-9(8)16)19-14(25)18-6-12(22)20-10(13(23)24)3-4-11(17)21/h1-2,5,10H,3-4,6H2,(H2,17,21)(H,20,22)(H,23,24)(H2,18,19,25)/t10-/m0/s1. The van der Waals surface area contributed by atoms with Crippen LogP contribution in [0, 0.1) is 0 Å². The Balaban J connectivity index is 2.45. The van der Waals surface area contributed by atoms with E-state index in [4.69, 9.17) is 34.0 Å². The zero-order valence-electron chi connectivity index (χ0n) is 12.8. The Hall–Kier alpha value is -2.52. The predicted octanol–water partition coefficient (Wildman–Crippen LogP) is 0.950. The summed E-state index contributed by atoms with van der Waals surface area (Å²) in [5.74, 6) is -2.73.